The van der Waals surface area contributed by atoms with Gasteiger partial charge in [0.2, 0.25) is 23.6 Å². The number of methoxy groups -OCH3 is 1. The molecule has 1 aromatic heterocycles. The third-order valence-corrected chi connectivity index (χ3v) is 10.6. The lowest BCUT2D eigenvalue weighted by Gasteiger charge is -2.31. The van der Waals surface area contributed by atoms with Gasteiger partial charge in [0, 0.05) is 74.0 Å². The van der Waals surface area contributed by atoms with Crippen molar-refractivity contribution in [2.24, 2.45) is 0 Å². The maximum Gasteiger partial charge on any atom is 0.264 e. The van der Waals surface area contributed by atoms with Crippen molar-refractivity contribution in [1.82, 2.24) is 30.4 Å². The summed E-state index contributed by atoms with van der Waals surface area (Å²) in [6.07, 6.45) is 6.95. The molecule has 7 rings (SSSR count). The first kappa shape index (κ1) is 40.7. The van der Waals surface area contributed by atoms with Gasteiger partial charge in [0.05, 0.1) is 34.5 Å². The molecule has 0 bridgehead atoms. The van der Waals surface area contributed by atoms with Crippen LogP contribution in [-0.4, -0.2) is 101 Å². The molecule has 18 heteroatoms. The van der Waals surface area contributed by atoms with Crippen molar-refractivity contribution in [3.8, 4) is 5.75 Å². The second-order valence-corrected chi connectivity index (χ2v) is 14.7. The van der Waals surface area contributed by atoms with Crippen LogP contribution in [0.2, 0.25) is 5.02 Å². The number of nitrogens with zero attached hydrogens (tertiary/aromatic N) is 4. The molecule has 16 nitrogen and oxygen atoms in total. The van der Waals surface area contributed by atoms with Crippen LogP contribution in [0, 0.1) is 5.82 Å². The van der Waals surface area contributed by atoms with Crippen molar-refractivity contribution >= 4 is 80.8 Å². The summed E-state index contributed by atoms with van der Waals surface area (Å²) in [6, 6.07) is 11.4. The van der Waals surface area contributed by atoms with Crippen LogP contribution in [0.4, 0.5) is 27.3 Å². The number of benzene rings is 3. The highest BCUT2D eigenvalue weighted by atomic mass is 35.5. The Morgan fingerprint density at radius 1 is 1.02 bits per heavy atom. The summed E-state index contributed by atoms with van der Waals surface area (Å²) in [5.41, 5.74) is 2.29. The van der Waals surface area contributed by atoms with Crippen LogP contribution in [0.1, 0.15) is 59.2 Å². The Kier molecular flexibility index (Phi) is 12.4. The van der Waals surface area contributed by atoms with Crippen LogP contribution in [0.15, 0.2) is 67.0 Å². The molecule has 2 saturated heterocycles. The average Bonchev–Trinajstić information content (AvgIpc) is 3.47. The zero-order valence-electron chi connectivity index (χ0n) is 32.0. The number of hydrogen-bond acceptors (Lipinski definition) is 12. The van der Waals surface area contributed by atoms with E-state index in [2.05, 4.69) is 41.5 Å². The number of carbonyl (C=O) groups excluding carboxylic acids is 6. The number of hydrogen-bond donors (Lipinski definition) is 5. The highest BCUT2D eigenvalue weighted by Crippen LogP contribution is 2.35. The molecule has 1 unspecified atom stereocenters. The summed E-state index contributed by atoms with van der Waals surface area (Å²) in [7, 11) is 1.49. The van der Waals surface area contributed by atoms with E-state index in [1.54, 1.807) is 30.3 Å². The predicted octanol–water partition coefficient (Wildman–Crippen LogP) is 4.54. The van der Waals surface area contributed by atoms with E-state index in [0.29, 0.717) is 59.0 Å². The van der Waals surface area contributed by atoms with Crippen LogP contribution < -0.4 is 31.3 Å². The van der Waals surface area contributed by atoms with E-state index >= 15 is 0 Å². The highest BCUT2D eigenvalue weighted by Gasteiger charge is 2.45. The van der Waals surface area contributed by atoms with Gasteiger partial charge in [-0.25, -0.2) is 14.4 Å². The first-order valence-corrected chi connectivity index (χ1v) is 19.5. The molecule has 2 fully saturated rings. The molecule has 4 aromatic rings. The summed E-state index contributed by atoms with van der Waals surface area (Å²) in [5, 5.41) is 15.0. The van der Waals surface area contributed by atoms with E-state index in [1.165, 1.54) is 43.8 Å². The number of anilines is 4. The highest BCUT2D eigenvalue weighted by molar-refractivity contribution is 6.31. The first-order chi connectivity index (χ1) is 28.5. The minimum atomic E-state index is -1.05. The minimum absolute atomic E-state index is 0.0158. The van der Waals surface area contributed by atoms with Gasteiger partial charge in [0.1, 0.15) is 29.8 Å². The van der Waals surface area contributed by atoms with Crippen LogP contribution >= 0.6 is 11.6 Å². The van der Waals surface area contributed by atoms with E-state index < -0.39 is 35.5 Å². The number of aromatic nitrogens is 2. The molecule has 5 N–H and O–H groups in total. The monoisotopic (exact) mass is 825 g/mol. The fourth-order valence-electron chi connectivity index (χ4n) is 7.34. The number of piperidine rings is 2. The van der Waals surface area contributed by atoms with Crippen molar-refractivity contribution in [3.05, 3.63) is 89.0 Å². The number of carbonyl (C=O) groups is 6. The molecule has 3 aromatic carbocycles. The zero-order valence-corrected chi connectivity index (χ0v) is 32.7. The van der Waals surface area contributed by atoms with Crippen molar-refractivity contribution < 1.29 is 37.9 Å². The molecule has 59 heavy (non-hydrogen) atoms. The normalized spacial score (nSPS) is 17.3. The molecule has 4 heterocycles. The van der Waals surface area contributed by atoms with Gasteiger partial charge < -0.3 is 26.0 Å². The van der Waals surface area contributed by atoms with Crippen molar-refractivity contribution in [2.45, 2.75) is 50.6 Å². The number of likely N-dealkylation sites (tertiary alicyclic amines) is 1. The standard InChI is InChI=1S/C41H41ClFN9O7/c1-59-33-21-30-26(38(46-22-45-30)48-24-9-10-28(43)27(42)19-24)20-31(33)49-35(54)8-4-16-51-17-13-23(14-18-51)47-34(53)7-3-15-44-29-6-2-5-25-37(29)41(58)52(40(25)57)32-11-12-36(55)50-39(32)56/h2,4-6,8-10,19-23,32,44H,3,7,11-18H2,1H3,(H,47,53)(H,49,54)(H,45,46,48)(H,50,55,56)/b8-4+. The summed E-state index contributed by atoms with van der Waals surface area (Å²) in [4.78, 5) is 87.9. The number of ether oxygens (including phenoxy) is 1. The van der Waals surface area contributed by atoms with Crippen molar-refractivity contribution in [1.29, 1.82) is 0 Å². The fourth-order valence-corrected chi connectivity index (χ4v) is 7.52. The summed E-state index contributed by atoms with van der Waals surface area (Å²) in [5.74, 6) is -2.44. The Morgan fingerprint density at radius 2 is 1.83 bits per heavy atom. The van der Waals surface area contributed by atoms with Gasteiger partial charge in [-0.15, -0.1) is 0 Å². The molecule has 1 atom stereocenters. The lowest BCUT2D eigenvalue weighted by Crippen LogP contribution is -2.54. The molecule has 0 spiro atoms. The summed E-state index contributed by atoms with van der Waals surface area (Å²) >= 11 is 5.95. The Morgan fingerprint density at radius 3 is 2.59 bits per heavy atom. The SMILES string of the molecule is COc1cc2ncnc(Nc3ccc(F)c(Cl)c3)c2cc1NC(=O)/C=C/CN1CCC(NC(=O)CCCNc2cccc3c2C(=O)N(C2CCC(=O)NC2=O)C3=O)CC1. The van der Waals surface area contributed by atoms with Crippen LogP contribution in [0.3, 0.4) is 0 Å². The molecule has 3 aliphatic rings. The second-order valence-electron chi connectivity index (χ2n) is 14.3. The second kappa shape index (κ2) is 18.0. The summed E-state index contributed by atoms with van der Waals surface area (Å²) in [6.45, 7) is 2.37. The molecule has 0 saturated carbocycles. The maximum absolute atomic E-state index is 13.7. The van der Waals surface area contributed by atoms with Crippen LogP contribution in [0.25, 0.3) is 10.9 Å². The molecule has 6 amide bonds. The van der Waals surface area contributed by atoms with Crippen molar-refractivity contribution in [2.75, 3.05) is 49.2 Å². The predicted molar refractivity (Wildman–Crippen MR) is 217 cm³/mol. The Hall–Kier alpha value is -6.46. The van der Waals surface area contributed by atoms with E-state index in [-0.39, 0.29) is 53.3 Å². The van der Waals surface area contributed by atoms with Gasteiger partial charge >= 0.3 is 0 Å². The largest absolute Gasteiger partial charge is 0.494 e. The smallest absolute Gasteiger partial charge is 0.264 e. The Bertz CT molecular complexity index is 2370. The van der Waals surface area contributed by atoms with Gasteiger partial charge in [-0.05, 0) is 62.1 Å². The Labute approximate surface area is 342 Å². The molecular formula is C41H41ClFN9O7. The number of imide groups is 2. The van der Waals surface area contributed by atoms with Gasteiger partial charge in [-0.2, -0.15) is 0 Å². The molecule has 0 aliphatic carbocycles. The number of rotatable bonds is 14. The first-order valence-electron chi connectivity index (χ1n) is 19.1. The number of fused-ring (bicyclic) bond motifs is 2. The van der Waals surface area contributed by atoms with Gasteiger partial charge in [0.25, 0.3) is 11.8 Å². The lowest BCUT2D eigenvalue weighted by molar-refractivity contribution is -0.136. The lowest BCUT2D eigenvalue weighted by atomic mass is 10.0. The Balaban J connectivity index is 0.838. The fraction of sp³-hybridized carbons (Fsp3) is 0.317. The molecule has 306 valence electrons. The minimum Gasteiger partial charge on any atom is -0.494 e. The van der Waals surface area contributed by atoms with Crippen molar-refractivity contribution in [3.63, 3.8) is 0 Å². The van der Waals surface area contributed by atoms with Crippen LogP contribution in [-0.2, 0) is 19.2 Å². The summed E-state index contributed by atoms with van der Waals surface area (Å²) < 4.78 is 19.2. The maximum atomic E-state index is 13.7. The van der Waals surface area contributed by atoms with E-state index in [9.17, 15) is 33.2 Å². The topological polar surface area (TPSA) is 204 Å². The van der Waals surface area contributed by atoms with E-state index in [0.717, 1.165) is 30.8 Å². The van der Waals surface area contributed by atoms with E-state index in [1.807, 2.05) is 0 Å². The third kappa shape index (κ3) is 9.31. The average molecular weight is 826 g/mol. The van der Waals surface area contributed by atoms with Gasteiger partial charge in [0.15, 0.2) is 0 Å². The van der Waals surface area contributed by atoms with Crippen LogP contribution in [0.5, 0.6) is 5.75 Å². The molecule has 3 aliphatic heterocycles. The van der Waals surface area contributed by atoms with E-state index in [4.69, 9.17) is 16.3 Å². The third-order valence-electron chi connectivity index (χ3n) is 10.3. The number of nitrogens with one attached hydrogen (secondary N) is 5. The van der Waals surface area contributed by atoms with Gasteiger partial charge in [-0.1, -0.05) is 23.7 Å². The quantitative estimate of drug-likeness (QED) is 0.0676. The van der Waals surface area contributed by atoms with Gasteiger partial charge in [-0.3, -0.25) is 43.9 Å². The number of amides is 6. The molecular weight excluding hydrogens is 785 g/mol. The number of halogens is 2. The molecule has 0 radical (unpaired) electrons. The zero-order chi connectivity index (χ0) is 41.6.